The maximum atomic E-state index is 6.02. The maximum Gasteiger partial charge on any atom is 0.126 e. The van der Waals surface area contributed by atoms with Crippen molar-refractivity contribution < 1.29 is 4.74 Å². The second kappa shape index (κ2) is 7.84. The fourth-order valence-electron chi connectivity index (χ4n) is 2.21. The second-order valence-corrected chi connectivity index (χ2v) is 5.60. The summed E-state index contributed by atoms with van der Waals surface area (Å²) in [5, 5.41) is 3.45. The van der Waals surface area contributed by atoms with Gasteiger partial charge in [0.15, 0.2) is 0 Å². The van der Waals surface area contributed by atoms with Crippen molar-refractivity contribution in [3.8, 4) is 5.75 Å². The van der Waals surface area contributed by atoms with E-state index in [0.717, 1.165) is 31.9 Å². The van der Waals surface area contributed by atoms with Crippen LogP contribution >= 0.6 is 0 Å². The number of ether oxygens (including phenoxy) is 1. The topological polar surface area (TPSA) is 39.1 Å². The zero-order chi connectivity index (χ0) is 15.1. The van der Waals surface area contributed by atoms with E-state index in [1.54, 1.807) is 6.20 Å². The molecule has 4 nitrogen and oxygen atoms in total. The van der Waals surface area contributed by atoms with Gasteiger partial charge in [0, 0.05) is 37.1 Å². The van der Waals surface area contributed by atoms with Gasteiger partial charge in [0.25, 0.3) is 0 Å². The summed E-state index contributed by atoms with van der Waals surface area (Å²) in [6.07, 6.45) is 6.59. The molecule has 4 heteroatoms. The summed E-state index contributed by atoms with van der Waals surface area (Å²) in [5.74, 6) is 1.02. The highest BCUT2D eigenvalue weighted by molar-refractivity contribution is 5.40. The molecule has 0 unspecified atom stereocenters. The Morgan fingerprint density at radius 2 is 2.19 bits per heavy atom. The third-order valence-corrected chi connectivity index (χ3v) is 3.36. The molecule has 0 aliphatic rings. The average Bonchev–Trinajstić information content (AvgIpc) is 2.96. The average molecular weight is 287 g/mol. The molecule has 0 aliphatic carbocycles. The molecule has 0 saturated heterocycles. The van der Waals surface area contributed by atoms with Crippen LogP contribution in [-0.2, 0) is 13.1 Å². The van der Waals surface area contributed by atoms with Crippen LogP contribution in [0.2, 0.25) is 0 Å². The van der Waals surface area contributed by atoms with Crippen molar-refractivity contribution in [2.75, 3.05) is 6.61 Å². The van der Waals surface area contributed by atoms with Crippen LogP contribution in [0.15, 0.2) is 36.9 Å². The van der Waals surface area contributed by atoms with Gasteiger partial charge in [0.05, 0.1) is 12.9 Å². The zero-order valence-electron chi connectivity index (χ0n) is 13.2. The van der Waals surface area contributed by atoms with Gasteiger partial charge in [-0.25, -0.2) is 4.98 Å². The Hall–Kier alpha value is -1.81. The van der Waals surface area contributed by atoms with Gasteiger partial charge < -0.3 is 14.6 Å². The molecule has 0 atom stereocenters. The molecule has 0 fully saturated rings. The molecule has 0 amide bonds. The summed E-state index contributed by atoms with van der Waals surface area (Å²) in [4.78, 5) is 4.04. The normalized spacial score (nSPS) is 11.0. The quantitative estimate of drug-likeness (QED) is 0.758. The Balaban J connectivity index is 1.88. The van der Waals surface area contributed by atoms with E-state index in [-0.39, 0.29) is 0 Å². The Labute approximate surface area is 127 Å². The lowest BCUT2D eigenvalue weighted by Crippen LogP contribution is -2.22. The van der Waals surface area contributed by atoms with Gasteiger partial charge in [-0.1, -0.05) is 32.0 Å². The Morgan fingerprint density at radius 1 is 1.33 bits per heavy atom. The lowest BCUT2D eigenvalue weighted by atomic mass is 10.1. The van der Waals surface area contributed by atoms with E-state index in [1.165, 1.54) is 11.1 Å². The minimum Gasteiger partial charge on any atom is -0.493 e. The van der Waals surface area contributed by atoms with Crippen LogP contribution < -0.4 is 10.1 Å². The molecule has 21 heavy (non-hydrogen) atoms. The third-order valence-electron chi connectivity index (χ3n) is 3.36. The number of aryl methyl sites for hydroxylation is 2. The molecule has 0 spiro atoms. The molecule has 1 N–H and O–H groups in total. The van der Waals surface area contributed by atoms with Crippen molar-refractivity contribution in [2.45, 2.75) is 46.3 Å². The predicted molar refractivity (Wildman–Crippen MR) is 85.5 cm³/mol. The maximum absolute atomic E-state index is 6.02. The first kappa shape index (κ1) is 15.6. The highest BCUT2D eigenvalue weighted by Gasteiger charge is 2.07. The molecule has 114 valence electrons. The van der Waals surface area contributed by atoms with Crippen LogP contribution in [0.5, 0.6) is 5.75 Å². The summed E-state index contributed by atoms with van der Waals surface area (Å²) in [6.45, 7) is 8.91. The number of imidazole rings is 1. The van der Waals surface area contributed by atoms with Crippen LogP contribution in [-0.4, -0.2) is 22.2 Å². The van der Waals surface area contributed by atoms with Crippen LogP contribution in [0.25, 0.3) is 0 Å². The fraction of sp³-hybridized carbons (Fsp3) is 0.471. The molecule has 2 aromatic rings. The Morgan fingerprint density at radius 3 is 2.90 bits per heavy atom. The van der Waals surface area contributed by atoms with Crippen molar-refractivity contribution in [1.82, 2.24) is 14.9 Å². The molecule has 2 rings (SSSR count). The van der Waals surface area contributed by atoms with E-state index in [2.05, 4.69) is 53.8 Å². The first-order valence-electron chi connectivity index (χ1n) is 7.57. The molecule has 0 radical (unpaired) electrons. The molecule has 0 aliphatic heterocycles. The molecular formula is C17H25N3O. The standard InChI is InChI=1S/C17H25N3O/c1-14(2)19-12-16-7-4-6-15(3)17(16)21-11-5-9-20-10-8-18-13-20/h4,6-8,10,13-14,19H,5,9,11-12H2,1-3H3. The zero-order valence-corrected chi connectivity index (χ0v) is 13.2. The number of hydrogen-bond donors (Lipinski definition) is 1. The van der Waals surface area contributed by atoms with Crippen molar-refractivity contribution >= 4 is 0 Å². The summed E-state index contributed by atoms with van der Waals surface area (Å²) < 4.78 is 8.10. The van der Waals surface area contributed by atoms with E-state index >= 15 is 0 Å². The van der Waals surface area contributed by atoms with Crippen molar-refractivity contribution in [3.63, 3.8) is 0 Å². The van der Waals surface area contributed by atoms with Crippen LogP contribution in [0.3, 0.4) is 0 Å². The summed E-state index contributed by atoms with van der Waals surface area (Å²) in [7, 11) is 0. The monoisotopic (exact) mass is 287 g/mol. The van der Waals surface area contributed by atoms with Crippen molar-refractivity contribution in [3.05, 3.63) is 48.0 Å². The van der Waals surface area contributed by atoms with Gasteiger partial charge in [0.2, 0.25) is 0 Å². The third kappa shape index (κ3) is 4.90. The molecule has 0 saturated carbocycles. The van der Waals surface area contributed by atoms with Crippen molar-refractivity contribution in [1.29, 1.82) is 0 Å². The molecule has 1 aromatic heterocycles. The summed E-state index contributed by atoms with van der Waals surface area (Å²) in [5.41, 5.74) is 2.42. The highest BCUT2D eigenvalue weighted by Crippen LogP contribution is 2.23. The fourth-order valence-corrected chi connectivity index (χ4v) is 2.21. The number of aromatic nitrogens is 2. The van der Waals surface area contributed by atoms with Crippen LogP contribution in [0.1, 0.15) is 31.4 Å². The van der Waals surface area contributed by atoms with Gasteiger partial charge >= 0.3 is 0 Å². The molecular weight excluding hydrogens is 262 g/mol. The Bertz CT molecular complexity index is 535. The first-order chi connectivity index (χ1) is 10.2. The lowest BCUT2D eigenvalue weighted by molar-refractivity contribution is 0.296. The Kier molecular flexibility index (Phi) is 5.81. The SMILES string of the molecule is Cc1cccc(CNC(C)C)c1OCCCn1ccnc1. The van der Waals surface area contributed by atoms with Gasteiger partial charge in [-0.2, -0.15) is 0 Å². The highest BCUT2D eigenvalue weighted by atomic mass is 16.5. The number of para-hydroxylation sites is 1. The lowest BCUT2D eigenvalue weighted by Gasteiger charge is -2.16. The van der Waals surface area contributed by atoms with Gasteiger partial charge in [0.1, 0.15) is 5.75 Å². The van der Waals surface area contributed by atoms with Crippen LogP contribution in [0, 0.1) is 6.92 Å². The molecule has 1 aromatic carbocycles. The number of benzene rings is 1. The summed E-state index contributed by atoms with van der Waals surface area (Å²) >= 11 is 0. The van der Waals surface area contributed by atoms with Crippen molar-refractivity contribution in [2.24, 2.45) is 0 Å². The molecule has 1 heterocycles. The van der Waals surface area contributed by atoms with E-state index in [1.807, 2.05) is 12.5 Å². The van der Waals surface area contributed by atoms with Gasteiger partial charge in [-0.3, -0.25) is 0 Å². The van der Waals surface area contributed by atoms with Gasteiger partial charge in [-0.15, -0.1) is 0 Å². The van der Waals surface area contributed by atoms with E-state index < -0.39 is 0 Å². The smallest absolute Gasteiger partial charge is 0.126 e. The minimum absolute atomic E-state index is 0.472. The van der Waals surface area contributed by atoms with E-state index in [9.17, 15) is 0 Å². The second-order valence-electron chi connectivity index (χ2n) is 5.60. The number of rotatable bonds is 8. The van der Waals surface area contributed by atoms with E-state index in [4.69, 9.17) is 4.74 Å². The number of nitrogens with one attached hydrogen (secondary N) is 1. The minimum atomic E-state index is 0.472. The van der Waals surface area contributed by atoms with E-state index in [0.29, 0.717) is 6.04 Å². The largest absolute Gasteiger partial charge is 0.493 e. The number of hydrogen-bond acceptors (Lipinski definition) is 3. The number of nitrogens with zero attached hydrogens (tertiary/aromatic N) is 2. The van der Waals surface area contributed by atoms with Crippen LogP contribution in [0.4, 0.5) is 0 Å². The summed E-state index contributed by atoms with van der Waals surface area (Å²) in [6, 6.07) is 6.79. The predicted octanol–water partition coefficient (Wildman–Crippen LogP) is 3.16. The van der Waals surface area contributed by atoms with Gasteiger partial charge in [-0.05, 0) is 18.9 Å². The first-order valence-corrected chi connectivity index (χ1v) is 7.57. The molecule has 0 bridgehead atoms.